The Bertz CT molecular complexity index is 1880. The lowest BCUT2D eigenvalue weighted by molar-refractivity contribution is -0.659. The number of benzene rings is 1. The van der Waals surface area contributed by atoms with Gasteiger partial charge in [-0.15, -0.1) is 9.78 Å². The first kappa shape index (κ1) is 28.4. The average Bonchev–Trinajstić information content (AvgIpc) is 3.80. The molecule has 0 saturated carbocycles. The first-order chi connectivity index (χ1) is 20.7. The van der Waals surface area contributed by atoms with E-state index >= 15 is 4.39 Å². The second-order valence-corrected chi connectivity index (χ2v) is 9.94. The van der Waals surface area contributed by atoms with Crippen LogP contribution in [-0.4, -0.2) is 49.9 Å². The van der Waals surface area contributed by atoms with Crippen LogP contribution >= 0.6 is 23.2 Å². The maximum Gasteiger partial charge on any atom is 0.334 e. The van der Waals surface area contributed by atoms with Crippen LogP contribution < -0.4 is 4.68 Å². The Hall–Kier alpha value is -4.70. The number of nitrogens with one attached hydrogen (secondary N) is 1. The van der Waals surface area contributed by atoms with Crippen molar-refractivity contribution < 1.29 is 26.6 Å². The van der Waals surface area contributed by atoms with Crippen molar-refractivity contribution >= 4 is 23.2 Å². The summed E-state index contributed by atoms with van der Waals surface area (Å²) in [6, 6.07) is 5.48. The van der Waals surface area contributed by atoms with Crippen molar-refractivity contribution in [2.45, 2.75) is 25.6 Å². The molecule has 1 atom stereocenters. The lowest BCUT2D eigenvalue weighted by atomic mass is 10.0. The van der Waals surface area contributed by atoms with Crippen molar-refractivity contribution in [3.63, 3.8) is 0 Å². The molecule has 6 aromatic rings. The Morgan fingerprint density at radius 1 is 0.907 bits per heavy atom. The molecule has 43 heavy (non-hydrogen) atoms. The molecule has 0 radical (unpaired) electrons. The number of hydrogen-bond acceptors (Lipinski definition) is 6. The van der Waals surface area contributed by atoms with E-state index in [9.17, 15) is 17.6 Å². The fourth-order valence-electron chi connectivity index (χ4n) is 4.38. The van der Waals surface area contributed by atoms with Gasteiger partial charge in [-0.05, 0) is 29.8 Å². The van der Waals surface area contributed by atoms with Gasteiger partial charge in [0.1, 0.15) is 11.7 Å². The average molecular weight is 637 g/mol. The number of nitrogens with zero attached hydrogens (tertiary/aromatic N) is 10. The molecule has 5 heterocycles. The van der Waals surface area contributed by atoms with E-state index in [4.69, 9.17) is 23.2 Å². The molecule has 0 aliphatic heterocycles. The van der Waals surface area contributed by atoms with E-state index in [1.165, 1.54) is 51.1 Å². The van der Waals surface area contributed by atoms with Crippen molar-refractivity contribution in [1.82, 2.24) is 49.9 Å². The molecule has 220 valence electrons. The van der Waals surface area contributed by atoms with Crippen LogP contribution in [0.3, 0.4) is 0 Å². The summed E-state index contributed by atoms with van der Waals surface area (Å²) < 4.78 is 72.4. The Kier molecular flexibility index (Phi) is 7.62. The number of aromatic amines is 1. The van der Waals surface area contributed by atoms with E-state index in [1.54, 1.807) is 18.2 Å². The quantitative estimate of drug-likeness (QED) is 0.166. The van der Waals surface area contributed by atoms with Gasteiger partial charge in [-0.1, -0.05) is 28.1 Å². The highest BCUT2D eigenvalue weighted by Crippen LogP contribution is 2.32. The van der Waals surface area contributed by atoms with Crippen molar-refractivity contribution in [3.05, 3.63) is 94.9 Å². The number of alkyl halides is 4. The molecular weight excluding hydrogens is 620 g/mol. The SMILES string of the molecule is Fc1c(Cl)ccc(-[n+]2cc(Cl)n[nH]2)c1-c1ccc([C@@H](Cn2cc(C(F)F)cn2)n2cc(-c3cn(C(F)F)nn3)cn2)nc1. The van der Waals surface area contributed by atoms with Gasteiger partial charge < -0.3 is 0 Å². The predicted molar refractivity (Wildman–Crippen MR) is 141 cm³/mol. The van der Waals surface area contributed by atoms with E-state index in [0.717, 1.165) is 12.4 Å². The zero-order valence-corrected chi connectivity index (χ0v) is 22.9. The third-order valence-electron chi connectivity index (χ3n) is 6.44. The van der Waals surface area contributed by atoms with Crippen LogP contribution in [-0.2, 0) is 6.54 Å². The van der Waals surface area contributed by atoms with Crippen molar-refractivity contribution in [2.75, 3.05) is 0 Å². The van der Waals surface area contributed by atoms with Gasteiger partial charge >= 0.3 is 11.7 Å². The number of hydrogen-bond donors (Lipinski definition) is 1. The van der Waals surface area contributed by atoms with E-state index in [2.05, 4.69) is 35.8 Å². The topological polar surface area (TPSA) is 112 Å². The summed E-state index contributed by atoms with van der Waals surface area (Å²) in [5, 5.41) is 22.1. The standard InChI is InChI=1S/C25H16Cl2F5N11/c26-16-2-4-19(42-12-21(27)37-39-42)22(23(16)28)13-1-3-17(33-5-13)20(11-40-8-15(7-34-40)24(29)30)41-9-14(6-35-41)18-10-43(25(31)32)38-36-18/h1-10,12,20,24-25H,11H2/p+1/t20-/m1/s1. The molecule has 0 bridgehead atoms. The van der Waals surface area contributed by atoms with Crippen LogP contribution in [0.4, 0.5) is 22.0 Å². The molecule has 0 saturated heterocycles. The van der Waals surface area contributed by atoms with E-state index in [0.29, 0.717) is 27.2 Å². The van der Waals surface area contributed by atoms with Gasteiger partial charge in [0.2, 0.25) is 0 Å². The van der Waals surface area contributed by atoms with Gasteiger partial charge in [-0.25, -0.2) is 13.2 Å². The number of halogens is 7. The Morgan fingerprint density at radius 3 is 2.40 bits per heavy atom. The van der Waals surface area contributed by atoms with E-state index in [-0.39, 0.29) is 33.5 Å². The lowest BCUT2D eigenvalue weighted by Gasteiger charge is -2.18. The van der Waals surface area contributed by atoms with Gasteiger partial charge in [0.25, 0.3) is 6.43 Å². The third kappa shape index (κ3) is 5.70. The van der Waals surface area contributed by atoms with Crippen LogP contribution in [0, 0.1) is 5.82 Å². The number of H-pyrrole nitrogens is 1. The summed E-state index contributed by atoms with van der Waals surface area (Å²) in [6.45, 7) is -2.85. The van der Waals surface area contributed by atoms with Crippen molar-refractivity contribution in [1.29, 1.82) is 0 Å². The number of rotatable bonds is 9. The number of pyridine rings is 1. The number of aromatic nitrogens is 11. The molecule has 0 unspecified atom stereocenters. The van der Waals surface area contributed by atoms with Crippen LogP contribution in [0.25, 0.3) is 28.1 Å². The summed E-state index contributed by atoms with van der Waals surface area (Å²) in [6.07, 6.45) is 6.41. The summed E-state index contributed by atoms with van der Waals surface area (Å²) >= 11 is 12.0. The van der Waals surface area contributed by atoms with E-state index in [1.807, 2.05) is 0 Å². The predicted octanol–water partition coefficient (Wildman–Crippen LogP) is 5.47. The Morgan fingerprint density at radius 2 is 1.74 bits per heavy atom. The molecule has 0 spiro atoms. The van der Waals surface area contributed by atoms with Crippen LogP contribution in [0.1, 0.15) is 30.3 Å². The molecule has 0 amide bonds. The largest absolute Gasteiger partial charge is 0.334 e. The molecule has 11 nitrogen and oxygen atoms in total. The molecule has 18 heteroatoms. The third-order valence-corrected chi connectivity index (χ3v) is 6.92. The van der Waals surface area contributed by atoms with Gasteiger partial charge in [0.15, 0.2) is 17.7 Å². The normalized spacial score (nSPS) is 12.5. The van der Waals surface area contributed by atoms with Crippen LogP contribution in [0.2, 0.25) is 10.2 Å². The van der Waals surface area contributed by atoms with Gasteiger partial charge in [-0.3, -0.25) is 14.3 Å². The first-order valence-corrected chi connectivity index (χ1v) is 13.1. The van der Waals surface area contributed by atoms with E-state index < -0.39 is 24.8 Å². The fraction of sp³-hybridized carbons (Fsp3) is 0.160. The smallest absolute Gasteiger partial charge is 0.270 e. The minimum absolute atomic E-state index is 0.0170. The Labute approximate surface area is 248 Å². The van der Waals surface area contributed by atoms with Gasteiger partial charge in [0.05, 0.1) is 52.1 Å². The van der Waals surface area contributed by atoms with Gasteiger partial charge in [-0.2, -0.15) is 23.7 Å². The molecule has 1 aromatic carbocycles. The summed E-state index contributed by atoms with van der Waals surface area (Å²) in [7, 11) is 0. The summed E-state index contributed by atoms with van der Waals surface area (Å²) in [5.41, 5.74) is 1.50. The molecule has 0 aliphatic rings. The monoisotopic (exact) mass is 636 g/mol. The highest BCUT2D eigenvalue weighted by Gasteiger charge is 2.24. The molecular formula is C25H17Cl2F5N11+. The molecule has 0 fully saturated rings. The molecule has 6 rings (SSSR count). The molecule has 0 aliphatic carbocycles. The summed E-state index contributed by atoms with van der Waals surface area (Å²) in [5.74, 6) is -0.701. The van der Waals surface area contributed by atoms with Gasteiger partial charge in [0, 0.05) is 29.7 Å². The maximum atomic E-state index is 15.3. The maximum absolute atomic E-state index is 15.3. The molecule has 5 aromatic heterocycles. The highest BCUT2D eigenvalue weighted by molar-refractivity contribution is 6.31. The summed E-state index contributed by atoms with van der Waals surface area (Å²) in [4.78, 5) is 4.54. The lowest BCUT2D eigenvalue weighted by Crippen LogP contribution is -2.33. The minimum Gasteiger partial charge on any atom is -0.270 e. The second-order valence-electron chi connectivity index (χ2n) is 9.14. The zero-order valence-electron chi connectivity index (χ0n) is 21.4. The zero-order chi connectivity index (χ0) is 30.2. The van der Waals surface area contributed by atoms with Crippen LogP contribution in [0.15, 0.2) is 67.6 Å². The van der Waals surface area contributed by atoms with Crippen molar-refractivity contribution in [2.24, 2.45) is 0 Å². The minimum atomic E-state index is -2.87. The fourth-order valence-corrected chi connectivity index (χ4v) is 4.68. The highest BCUT2D eigenvalue weighted by atomic mass is 35.5. The second kappa shape index (κ2) is 11.5. The van der Waals surface area contributed by atoms with Crippen LogP contribution in [0.5, 0.6) is 0 Å². The first-order valence-electron chi connectivity index (χ1n) is 12.3. The van der Waals surface area contributed by atoms with Crippen molar-refractivity contribution in [3.8, 4) is 28.1 Å². The Balaban J connectivity index is 1.38. The molecule has 1 N–H and O–H groups in total.